The topological polar surface area (TPSA) is 55.2 Å². The zero-order valence-electron chi connectivity index (χ0n) is 7.31. The molecule has 1 amide bonds. The van der Waals surface area contributed by atoms with Gasteiger partial charge in [-0.3, -0.25) is 9.59 Å². The van der Waals surface area contributed by atoms with Crippen LogP contribution in [0.2, 0.25) is 0 Å². The maximum Gasteiger partial charge on any atom is 0.287 e. The van der Waals surface area contributed by atoms with Crippen LogP contribution in [-0.2, 0) is 22.7 Å². The Morgan fingerprint density at radius 3 is 3.07 bits per heavy atom. The molecule has 0 radical (unpaired) electrons. The van der Waals surface area contributed by atoms with Crippen LogP contribution in [0.25, 0.3) is 0 Å². The summed E-state index contributed by atoms with van der Waals surface area (Å²) in [6, 6.07) is 0. The summed E-state index contributed by atoms with van der Waals surface area (Å²) >= 11 is 3.35. The molecule has 1 aliphatic rings. The number of imidazole rings is 1. The Morgan fingerprint density at radius 1 is 1.57 bits per heavy atom. The van der Waals surface area contributed by atoms with Crippen molar-refractivity contribution in [1.82, 2.24) is 14.5 Å². The van der Waals surface area contributed by atoms with E-state index in [4.69, 9.17) is 0 Å². The van der Waals surface area contributed by atoms with Crippen molar-refractivity contribution in [3.63, 3.8) is 0 Å². The predicted octanol–water partition coefficient (Wildman–Crippen LogP) is 0.187. The lowest BCUT2D eigenvalue weighted by atomic mass is 10.3. The van der Waals surface area contributed by atoms with E-state index in [0.29, 0.717) is 25.9 Å². The van der Waals surface area contributed by atoms with Crippen LogP contribution in [0, 0.1) is 0 Å². The van der Waals surface area contributed by atoms with Crippen LogP contribution in [0.3, 0.4) is 0 Å². The Morgan fingerprint density at radius 2 is 2.36 bits per heavy atom. The summed E-state index contributed by atoms with van der Waals surface area (Å²) in [4.78, 5) is 27.0. The highest BCUT2D eigenvalue weighted by Gasteiger charge is 2.21. The number of rotatable bonds is 1. The number of amides is 1. The van der Waals surface area contributed by atoms with Gasteiger partial charge >= 0.3 is 0 Å². The predicted molar refractivity (Wildman–Crippen MR) is 51.4 cm³/mol. The summed E-state index contributed by atoms with van der Waals surface area (Å²) in [5.74, 6) is 0.327. The summed E-state index contributed by atoms with van der Waals surface area (Å²) < 4.78 is 2.89. The van der Waals surface area contributed by atoms with Gasteiger partial charge in [0, 0.05) is 13.1 Å². The van der Waals surface area contributed by atoms with Crippen LogP contribution >= 0.6 is 15.9 Å². The third-order valence-corrected chi connectivity index (χ3v) is 2.86. The largest absolute Gasteiger partial charge is 0.327 e. The molecule has 0 aliphatic carbocycles. The quantitative estimate of drug-likeness (QED) is 0.533. The Balaban J connectivity index is 2.21. The van der Waals surface area contributed by atoms with Crippen LogP contribution in [-0.4, -0.2) is 33.2 Å². The zero-order valence-corrected chi connectivity index (χ0v) is 8.90. The molecule has 1 aromatic heterocycles. The van der Waals surface area contributed by atoms with Gasteiger partial charge in [0.2, 0.25) is 6.29 Å². The number of hydrogen-bond donors (Lipinski definition) is 0. The van der Waals surface area contributed by atoms with E-state index >= 15 is 0 Å². The first kappa shape index (κ1) is 9.39. The summed E-state index contributed by atoms with van der Waals surface area (Å²) in [5, 5.41) is 0. The third-order valence-electron chi connectivity index (χ3n) is 2.23. The summed E-state index contributed by atoms with van der Waals surface area (Å²) in [6.45, 7) is 1.64. The highest BCUT2D eigenvalue weighted by molar-refractivity contribution is 9.10. The van der Waals surface area contributed by atoms with Gasteiger partial charge < -0.3 is 9.47 Å². The van der Waals surface area contributed by atoms with Crippen LogP contribution < -0.4 is 0 Å². The number of aldehydes is 1. The van der Waals surface area contributed by atoms with E-state index in [9.17, 15) is 9.59 Å². The second-order valence-electron chi connectivity index (χ2n) is 3.03. The van der Waals surface area contributed by atoms with Crippen molar-refractivity contribution < 1.29 is 9.59 Å². The van der Waals surface area contributed by atoms with Crippen LogP contribution in [0.15, 0.2) is 10.8 Å². The highest BCUT2D eigenvalue weighted by Crippen LogP contribution is 2.17. The number of nitrogens with zero attached hydrogens (tertiary/aromatic N) is 3. The van der Waals surface area contributed by atoms with Crippen LogP contribution in [0.5, 0.6) is 0 Å². The number of aromatic nitrogens is 2. The highest BCUT2D eigenvalue weighted by atomic mass is 79.9. The van der Waals surface area contributed by atoms with Gasteiger partial charge in [0.15, 0.2) is 0 Å². The lowest BCUT2D eigenvalue weighted by molar-refractivity contribution is -0.139. The van der Waals surface area contributed by atoms with Gasteiger partial charge in [0.25, 0.3) is 5.91 Å². The smallest absolute Gasteiger partial charge is 0.287 e. The lowest BCUT2D eigenvalue weighted by Crippen LogP contribution is -2.39. The average Bonchev–Trinajstić information content (AvgIpc) is 2.59. The molecule has 0 bridgehead atoms. The molecule has 74 valence electrons. The fourth-order valence-electron chi connectivity index (χ4n) is 1.49. The molecule has 14 heavy (non-hydrogen) atoms. The van der Waals surface area contributed by atoms with Crippen LogP contribution in [0.4, 0.5) is 0 Å². The molecule has 5 nitrogen and oxygen atoms in total. The molecule has 2 heterocycles. The van der Waals surface area contributed by atoms with E-state index in [2.05, 4.69) is 20.9 Å². The first-order valence-electron chi connectivity index (χ1n) is 4.16. The Labute approximate surface area is 88.8 Å². The van der Waals surface area contributed by atoms with E-state index in [1.165, 1.54) is 4.90 Å². The molecular formula is C8H8BrN3O2. The maximum atomic E-state index is 11.1. The Bertz CT molecular complexity index is 388. The number of carbonyl (C=O) groups excluding carboxylic acids is 2. The first-order chi connectivity index (χ1) is 6.72. The van der Waals surface area contributed by atoms with Gasteiger partial charge in [-0.15, -0.1) is 0 Å². The van der Waals surface area contributed by atoms with Gasteiger partial charge in [-0.2, -0.15) is 0 Å². The fraction of sp³-hybridized carbons (Fsp3) is 0.375. The minimum absolute atomic E-state index is 0.341. The second kappa shape index (κ2) is 3.53. The normalized spacial score (nSPS) is 15.1. The van der Waals surface area contributed by atoms with Crippen molar-refractivity contribution in [3.8, 4) is 0 Å². The Hall–Kier alpha value is -1.17. The van der Waals surface area contributed by atoms with Gasteiger partial charge in [-0.1, -0.05) is 0 Å². The molecular weight excluding hydrogens is 250 g/mol. The minimum atomic E-state index is -0.477. The van der Waals surface area contributed by atoms with Gasteiger partial charge in [0.1, 0.15) is 10.4 Å². The zero-order chi connectivity index (χ0) is 10.1. The molecule has 6 heteroatoms. The first-order valence-corrected chi connectivity index (χ1v) is 4.95. The van der Waals surface area contributed by atoms with E-state index in [1.54, 1.807) is 6.20 Å². The SMILES string of the molecule is O=CC(=O)N1CCn2c(Br)cnc2C1. The molecule has 0 saturated heterocycles. The molecule has 0 saturated carbocycles. The van der Waals surface area contributed by atoms with Crippen molar-refractivity contribution in [1.29, 1.82) is 0 Å². The molecule has 1 aliphatic heterocycles. The lowest BCUT2D eigenvalue weighted by Gasteiger charge is -2.26. The second-order valence-corrected chi connectivity index (χ2v) is 3.84. The molecule has 2 rings (SSSR count). The van der Waals surface area contributed by atoms with Gasteiger partial charge in [-0.25, -0.2) is 4.98 Å². The van der Waals surface area contributed by atoms with Crippen molar-refractivity contribution in [3.05, 3.63) is 16.6 Å². The van der Waals surface area contributed by atoms with Gasteiger partial charge in [-0.05, 0) is 15.9 Å². The molecule has 0 unspecified atom stereocenters. The summed E-state index contributed by atoms with van der Waals surface area (Å²) in [6.07, 6.45) is 2.04. The third kappa shape index (κ3) is 1.45. The van der Waals surface area contributed by atoms with E-state index < -0.39 is 5.91 Å². The van der Waals surface area contributed by atoms with E-state index in [-0.39, 0.29) is 0 Å². The number of halogens is 1. The Kier molecular flexibility index (Phi) is 2.37. The standard InChI is InChI=1S/C8H8BrN3O2/c9-6-3-10-7-4-11(8(14)5-13)1-2-12(6)7/h3,5H,1-2,4H2. The average molecular weight is 258 g/mol. The van der Waals surface area contributed by atoms with Crippen molar-refractivity contribution in [2.24, 2.45) is 0 Å². The fourth-order valence-corrected chi connectivity index (χ4v) is 1.97. The van der Waals surface area contributed by atoms with Crippen molar-refractivity contribution in [2.75, 3.05) is 6.54 Å². The molecule has 0 fully saturated rings. The molecule has 0 N–H and O–H groups in total. The van der Waals surface area contributed by atoms with E-state index in [0.717, 1.165) is 10.4 Å². The minimum Gasteiger partial charge on any atom is -0.327 e. The summed E-state index contributed by atoms with van der Waals surface area (Å²) in [5.41, 5.74) is 0. The molecule has 1 aromatic rings. The van der Waals surface area contributed by atoms with Crippen molar-refractivity contribution in [2.45, 2.75) is 13.1 Å². The van der Waals surface area contributed by atoms with E-state index in [1.807, 2.05) is 4.57 Å². The van der Waals surface area contributed by atoms with Crippen molar-refractivity contribution >= 4 is 28.1 Å². The monoisotopic (exact) mass is 257 g/mol. The summed E-state index contributed by atoms with van der Waals surface area (Å²) in [7, 11) is 0. The number of hydrogen-bond acceptors (Lipinski definition) is 3. The maximum absolute atomic E-state index is 11.1. The number of carbonyl (C=O) groups is 2. The van der Waals surface area contributed by atoms with Gasteiger partial charge in [0.05, 0.1) is 12.7 Å². The number of fused-ring (bicyclic) bond motifs is 1. The van der Waals surface area contributed by atoms with Crippen LogP contribution in [0.1, 0.15) is 5.82 Å². The molecule has 0 atom stereocenters. The molecule has 0 aromatic carbocycles. The molecule has 0 spiro atoms.